The molecular weight excluding hydrogens is 296 g/mol. The molecule has 0 saturated carbocycles. The van der Waals surface area contributed by atoms with Gasteiger partial charge in [0.2, 0.25) is 0 Å². The Morgan fingerprint density at radius 2 is 1.65 bits per heavy atom. The smallest absolute Gasteiger partial charge is 0.193 e. The molecule has 0 spiro atoms. The number of thiophene rings is 1. The van der Waals surface area contributed by atoms with Gasteiger partial charge >= 0.3 is 0 Å². The summed E-state index contributed by atoms with van der Waals surface area (Å²) in [5.41, 5.74) is 3.75. The summed E-state index contributed by atoms with van der Waals surface area (Å²) in [6.07, 6.45) is 0. The molecule has 2 aromatic rings. The lowest BCUT2D eigenvalue weighted by atomic mass is 10.0. The minimum absolute atomic E-state index is 0.105. The summed E-state index contributed by atoms with van der Waals surface area (Å²) in [6, 6.07) is 5.82. The SMILES string of the molecule is Cc1cc(C(=O)c2cc(C)c(Br)c(C)c2)cs1. The van der Waals surface area contributed by atoms with Gasteiger partial charge in [-0.25, -0.2) is 0 Å². The normalized spacial score (nSPS) is 10.6. The minimum atomic E-state index is 0.105. The average molecular weight is 309 g/mol. The van der Waals surface area contributed by atoms with Crippen molar-refractivity contribution in [3.05, 3.63) is 55.2 Å². The molecule has 0 atom stereocenters. The van der Waals surface area contributed by atoms with Gasteiger partial charge < -0.3 is 0 Å². The molecule has 0 bridgehead atoms. The van der Waals surface area contributed by atoms with E-state index in [4.69, 9.17) is 0 Å². The molecule has 2 rings (SSSR count). The number of hydrogen-bond acceptors (Lipinski definition) is 2. The van der Waals surface area contributed by atoms with Crippen molar-refractivity contribution in [3.8, 4) is 0 Å². The fourth-order valence-electron chi connectivity index (χ4n) is 1.81. The van der Waals surface area contributed by atoms with Crippen LogP contribution in [0.4, 0.5) is 0 Å². The average Bonchev–Trinajstić information content (AvgIpc) is 2.71. The number of rotatable bonds is 2. The zero-order valence-electron chi connectivity index (χ0n) is 10.0. The van der Waals surface area contributed by atoms with Crippen molar-refractivity contribution in [2.24, 2.45) is 0 Å². The molecule has 0 saturated heterocycles. The van der Waals surface area contributed by atoms with E-state index < -0.39 is 0 Å². The molecule has 0 aliphatic heterocycles. The quantitative estimate of drug-likeness (QED) is 0.737. The van der Waals surface area contributed by atoms with Gasteiger partial charge in [0.25, 0.3) is 0 Å². The highest BCUT2D eigenvalue weighted by atomic mass is 79.9. The van der Waals surface area contributed by atoms with E-state index in [0.717, 1.165) is 26.7 Å². The highest BCUT2D eigenvalue weighted by Crippen LogP contribution is 2.25. The van der Waals surface area contributed by atoms with Crippen LogP contribution >= 0.6 is 27.3 Å². The first kappa shape index (κ1) is 12.5. The number of aryl methyl sites for hydroxylation is 3. The Labute approximate surface area is 114 Å². The van der Waals surface area contributed by atoms with Crippen molar-refractivity contribution in [2.45, 2.75) is 20.8 Å². The van der Waals surface area contributed by atoms with Gasteiger partial charge in [-0.05, 0) is 50.1 Å². The van der Waals surface area contributed by atoms with Crippen LogP contribution < -0.4 is 0 Å². The molecule has 3 heteroatoms. The first-order valence-corrected chi connectivity index (χ1v) is 7.03. The number of benzene rings is 1. The third kappa shape index (κ3) is 2.50. The first-order valence-electron chi connectivity index (χ1n) is 5.35. The van der Waals surface area contributed by atoms with Crippen LogP contribution in [0.25, 0.3) is 0 Å². The van der Waals surface area contributed by atoms with Crippen LogP contribution in [0.2, 0.25) is 0 Å². The molecule has 88 valence electrons. The summed E-state index contributed by atoms with van der Waals surface area (Å²) in [5.74, 6) is 0.105. The molecule has 0 amide bonds. The van der Waals surface area contributed by atoms with E-state index in [9.17, 15) is 4.79 Å². The van der Waals surface area contributed by atoms with Gasteiger partial charge in [-0.1, -0.05) is 15.9 Å². The second-order valence-electron chi connectivity index (χ2n) is 4.20. The van der Waals surface area contributed by atoms with Gasteiger partial charge in [0, 0.05) is 25.9 Å². The van der Waals surface area contributed by atoms with Gasteiger partial charge in [0.05, 0.1) is 0 Å². The standard InChI is InChI=1S/C14H13BrOS/c1-8-4-11(5-9(2)13(8)15)14(16)12-6-10(3)17-7-12/h4-7H,1-3H3. The van der Waals surface area contributed by atoms with E-state index >= 15 is 0 Å². The van der Waals surface area contributed by atoms with Crippen LogP contribution in [-0.4, -0.2) is 5.78 Å². The van der Waals surface area contributed by atoms with Crippen LogP contribution in [0.5, 0.6) is 0 Å². The molecule has 0 aliphatic rings. The van der Waals surface area contributed by atoms with E-state index in [1.807, 2.05) is 44.4 Å². The van der Waals surface area contributed by atoms with E-state index in [1.54, 1.807) is 11.3 Å². The Kier molecular flexibility index (Phi) is 3.50. The number of halogens is 1. The monoisotopic (exact) mass is 308 g/mol. The maximum absolute atomic E-state index is 12.3. The number of ketones is 1. The van der Waals surface area contributed by atoms with Gasteiger partial charge in [0.1, 0.15) is 0 Å². The van der Waals surface area contributed by atoms with Crippen LogP contribution in [0.1, 0.15) is 31.9 Å². The molecule has 1 nitrogen and oxygen atoms in total. The summed E-state index contributed by atoms with van der Waals surface area (Å²) >= 11 is 5.12. The Balaban J connectivity index is 2.44. The molecule has 0 radical (unpaired) electrons. The topological polar surface area (TPSA) is 17.1 Å². The predicted molar refractivity (Wildman–Crippen MR) is 76.1 cm³/mol. The third-order valence-corrected chi connectivity index (χ3v) is 4.80. The van der Waals surface area contributed by atoms with Crippen molar-refractivity contribution in [1.29, 1.82) is 0 Å². The molecule has 0 aliphatic carbocycles. The number of carbonyl (C=O) groups is 1. The summed E-state index contributed by atoms with van der Waals surface area (Å²) in [6.45, 7) is 6.03. The van der Waals surface area contributed by atoms with Crippen molar-refractivity contribution in [2.75, 3.05) is 0 Å². The highest BCUT2D eigenvalue weighted by Gasteiger charge is 2.12. The molecule has 1 heterocycles. The Bertz CT molecular complexity index is 561. The molecule has 0 fully saturated rings. The molecule has 0 unspecified atom stereocenters. The number of carbonyl (C=O) groups excluding carboxylic acids is 1. The number of hydrogen-bond donors (Lipinski definition) is 0. The Morgan fingerprint density at radius 3 is 2.12 bits per heavy atom. The van der Waals surface area contributed by atoms with Crippen LogP contribution in [0.15, 0.2) is 28.1 Å². The van der Waals surface area contributed by atoms with E-state index in [0.29, 0.717) is 0 Å². The molecule has 1 aromatic carbocycles. The van der Waals surface area contributed by atoms with Crippen molar-refractivity contribution in [3.63, 3.8) is 0 Å². The van der Waals surface area contributed by atoms with Crippen molar-refractivity contribution < 1.29 is 4.79 Å². The van der Waals surface area contributed by atoms with Gasteiger partial charge in [-0.15, -0.1) is 11.3 Å². The minimum Gasteiger partial charge on any atom is -0.289 e. The maximum Gasteiger partial charge on any atom is 0.193 e. The molecule has 1 aromatic heterocycles. The summed E-state index contributed by atoms with van der Waals surface area (Å²) in [4.78, 5) is 13.4. The van der Waals surface area contributed by atoms with Gasteiger partial charge in [-0.3, -0.25) is 4.79 Å². The zero-order chi connectivity index (χ0) is 12.6. The summed E-state index contributed by atoms with van der Waals surface area (Å²) in [5, 5.41) is 1.92. The van der Waals surface area contributed by atoms with Gasteiger partial charge in [0.15, 0.2) is 5.78 Å². The van der Waals surface area contributed by atoms with Crippen LogP contribution in [0.3, 0.4) is 0 Å². The Hall–Kier alpha value is -0.930. The van der Waals surface area contributed by atoms with Crippen molar-refractivity contribution >= 4 is 33.0 Å². The van der Waals surface area contributed by atoms with E-state index in [1.165, 1.54) is 4.88 Å². The lowest BCUT2D eigenvalue weighted by molar-refractivity contribution is 0.103. The van der Waals surface area contributed by atoms with Crippen LogP contribution in [0, 0.1) is 20.8 Å². The summed E-state index contributed by atoms with van der Waals surface area (Å²) < 4.78 is 1.08. The van der Waals surface area contributed by atoms with E-state index in [-0.39, 0.29) is 5.78 Å². The first-order chi connectivity index (χ1) is 7.99. The highest BCUT2D eigenvalue weighted by molar-refractivity contribution is 9.10. The fourth-order valence-corrected chi connectivity index (χ4v) is 2.72. The van der Waals surface area contributed by atoms with Crippen molar-refractivity contribution in [1.82, 2.24) is 0 Å². The predicted octanol–water partition coefficient (Wildman–Crippen LogP) is 4.67. The molecular formula is C14H13BrOS. The van der Waals surface area contributed by atoms with E-state index in [2.05, 4.69) is 15.9 Å². The van der Waals surface area contributed by atoms with Crippen LogP contribution in [-0.2, 0) is 0 Å². The fraction of sp³-hybridized carbons (Fsp3) is 0.214. The molecule has 17 heavy (non-hydrogen) atoms. The maximum atomic E-state index is 12.3. The lowest BCUT2D eigenvalue weighted by Gasteiger charge is -2.06. The second kappa shape index (κ2) is 4.75. The zero-order valence-corrected chi connectivity index (χ0v) is 12.4. The largest absolute Gasteiger partial charge is 0.289 e. The molecule has 0 N–H and O–H groups in total. The summed E-state index contributed by atoms with van der Waals surface area (Å²) in [7, 11) is 0. The third-order valence-electron chi connectivity index (χ3n) is 2.69. The van der Waals surface area contributed by atoms with Gasteiger partial charge in [-0.2, -0.15) is 0 Å². The lowest BCUT2D eigenvalue weighted by Crippen LogP contribution is -2.01. The Morgan fingerprint density at radius 1 is 1.06 bits per heavy atom. The second-order valence-corrected chi connectivity index (χ2v) is 6.11.